The molecule has 260 valence electrons. The van der Waals surface area contributed by atoms with Gasteiger partial charge in [-0.15, -0.1) is 0 Å². The third-order valence-electron chi connectivity index (χ3n) is 11.9. The van der Waals surface area contributed by atoms with Gasteiger partial charge < -0.3 is 9.13 Å². The molecule has 0 saturated heterocycles. The van der Waals surface area contributed by atoms with E-state index in [9.17, 15) is 0 Å². The van der Waals surface area contributed by atoms with Crippen LogP contribution in [0.4, 0.5) is 0 Å². The van der Waals surface area contributed by atoms with Crippen LogP contribution in [0.25, 0.3) is 110 Å². The molecule has 0 aliphatic rings. The highest BCUT2D eigenvalue weighted by atomic mass is 15.0. The largest absolute Gasteiger partial charge is 0.309 e. The Hall–Kier alpha value is -7.42. The van der Waals surface area contributed by atoms with Crippen molar-refractivity contribution in [3.05, 3.63) is 206 Å². The van der Waals surface area contributed by atoms with Crippen LogP contribution in [0.2, 0.25) is 0 Å². The number of hydrogen-bond acceptors (Lipinski definition) is 0. The van der Waals surface area contributed by atoms with Gasteiger partial charge in [0, 0.05) is 32.9 Å². The minimum Gasteiger partial charge on any atom is -0.309 e. The fourth-order valence-electron chi connectivity index (χ4n) is 9.38. The van der Waals surface area contributed by atoms with Crippen LogP contribution >= 0.6 is 0 Å². The highest BCUT2D eigenvalue weighted by Crippen LogP contribution is 2.43. The van der Waals surface area contributed by atoms with E-state index in [4.69, 9.17) is 0 Å². The summed E-state index contributed by atoms with van der Waals surface area (Å²) in [5.41, 5.74) is 12.0. The van der Waals surface area contributed by atoms with Crippen molar-refractivity contribution in [3.63, 3.8) is 0 Å². The van der Waals surface area contributed by atoms with Gasteiger partial charge in [-0.2, -0.15) is 0 Å². The number of nitrogens with zero attached hydrogens (tertiary/aromatic N) is 2. The van der Waals surface area contributed by atoms with Crippen LogP contribution in [0.15, 0.2) is 206 Å². The van der Waals surface area contributed by atoms with Crippen LogP contribution in [0.3, 0.4) is 0 Å². The van der Waals surface area contributed by atoms with E-state index in [0.29, 0.717) is 0 Å². The second kappa shape index (κ2) is 12.0. The van der Waals surface area contributed by atoms with E-state index >= 15 is 0 Å². The van der Waals surface area contributed by atoms with Crippen LogP contribution in [-0.4, -0.2) is 9.13 Å². The highest BCUT2D eigenvalue weighted by Gasteiger charge is 2.21. The van der Waals surface area contributed by atoms with Crippen molar-refractivity contribution in [2.24, 2.45) is 0 Å². The molecule has 0 aliphatic carbocycles. The number of aromatic nitrogens is 2. The fourth-order valence-corrected chi connectivity index (χ4v) is 9.38. The lowest BCUT2D eigenvalue weighted by Gasteiger charge is -2.14. The van der Waals surface area contributed by atoms with Crippen LogP contribution in [0.1, 0.15) is 0 Å². The first-order valence-electron chi connectivity index (χ1n) is 19.4. The summed E-state index contributed by atoms with van der Waals surface area (Å²) in [5, 5.41) is 12.7. The Balaban J connectivity index is 1.08. The SMILES string of the molecule is c1ccc(-c2ccc(-c3ccc(-n4c5ccccc5c5c4ccc4c6ccccc6n(-c6ccc7c8ccccc8c8ccccc8c7c6)c45)cc3)cc2)cc1. The monoisotopic (exact) mass is 710 g/mol. The Morgan fingerprint density at radius 2 is 0.661 bits per heavy atom. The molecular weight excluding hydrogens is 677 g/mol. The number of rotatable bonds is 4. The lowest BCUT2D eigenvalue weighted by molar-refractivity contribution is 1.18. The molecule has 2 heteroatoms. The second-order valence-corrected chi connectivity index (χ2v) is 14.9. The Bertz CT molecular complexity index is 3460. The third kappa shape index (κ3) is 4.50. The van der Waals surface area contributed by atoms with Gasteiger partial charge in [0.1, 0.15) is 0 Å². The van der Waals surface area contributed by atoms with Gasteiger partial charge in [0.25, 0.3) is 0 Å². The molecule has 12 rings (SSSR count). The maximum Gasteiger partial charge on any atom is 0.0641 e. The normalized spacial score (nSPS) is 11.9. The van der Waals surface area contributed by atoms with Gasteiger partial charge in [-0.3, -0.25) is 0 Å². The van der Waals surface area contributed by atoms with Crippen LogP contribution in [0.5, 0.6) is 0 Å². The molecular formula is C54H34N2. The summed E-state index contributed by atoms with van der Waals surface area (Å²) in [6.45, 7) is 0. The highest BCUT2D eigenvalue weighted by molar-refractivity contribution is 6.28. The van der Waals surface area contributed by atoms with Crippen molar-refractivity contribution in [1.29, 1.82) is 0 Å². The molecule has 0 bridgehead atoms. The van der Waals surface area contributed by atoms with Crippen molar-refractivity contribution in [3.8, 4) is 33.6 Å². The van der Waals surface area contributed by atoms with E-state index in [2.05, 4.69) is 215 Å². The average Bonchev–Trinajstić information content (AvgIpc) is 3.80. The number of para-hydroxylation sites is 2. The summed E-state index contributed by atoms with van der Waals surface area (Å²) in [6, 6.07) is 75.7. The topological polar surface area (TPSA) is 9.86 Å². The van der Waals surface area contributed by atoms with Crippen molar-refractivity contribution >= 4 is 75.9 Å². The summed E-state index contributed by atoms with van der Waals surface area (Å²) in [6.07, 6.45) is 0. The lowest BCUT2D eigenvalue weighted by atomic mass is 9.94. The molecule has 0 spiro atoms. The zero-order valence-electron chi connectivity index (χ0n) is 30.5. The minimum absolute atomic E-state index is 1.15. The first-order valence-corrected chi connectivity index (χ1v) is 19.4. The zero-order chi connectivity index (χ0) is 36.7. The van der Waals surface area contributed by atoms with Crippen LogP contribution in [0, 0.1) is 0 Å². The first kappa shape index (κ1) is 31.0. The molecule has 0 aliphatic heterocycles. The number of benzene rings is 10. The van der Waals surface area contributed by atoms with Gasteiger partial charge in [0.2, 0.25) is 0 Å². The van der Waals surface area contributed by atoms with E-state index in [1.165, 1.54) is 98.2 Å². The molecule has 0 radical (unpaired) electrons. The fraction of sp³-hybridized carbons (Fsp3) is 0. The average molecular weight is 711 g/mol. The number of hydrogen-bond donors (Lipinski definition) is 0. The van der Waals surface area contributed by atoms with Gasteiger partial charge in [0.05, 0.1) is 22.1 Å². The first-order chi connectivity index (χ1) is 27.8. The maximum atomic E-state index is 2.51. The molecule has 2 heterocycles. The van der Waals surface area contributed by atoms with E-state index in [-0.39, 0.29) is 0 Å². The Morgan fingerprint density at radius 1 is 0.232 bits per heavy atom. The summed E-state index contributed by atoms with van der Waals surface area (Å²) in [7, 11) is 0. The van der Waals surface area contributed by atoms with Crippen LogP contribution in [-0.2, 0) is 0 Å². The van der Waals surface area contributed by atoms with Gasteiger partial charge in [-0.05, 0) is 97.0 Å². The Labute approximate surface area is 323 Å². The van der Waals surface area contributed by atoms with Gasteiger partial charge in [-0.1, -0.05) is 164 Å². The van der Waals surface area contributed by atoms with E-state index in [1.54, 1.807) is 0 Å². The molecule has 0 atom stereocenters. The van der Waals surface area contributed by atoms with Crippen molar-refractivity contribution in [2.45, 2.75) is 0 Å². The van der Waals surface area contributed by atoms with Crippen molar-refractivity contribution in [1.82, 2.24) is 9.13 Å². The maximum absolute atomic E-state index is 2.51. The zero-order valence-corrected chi connectivity index (χ0v) is 30.5. The molecule has 0 saturated carbocycles. The minimum atomic E-state index is 1.15. The Morgan fingerprint density at radius 3 is 1.29 bits per heavy atom. The summed E-state index contributed by atoms with van der Waals surface area (Å²) in [5.74, 6) is 0. The quantitative estimate of drug-likeness (QED) is 0.161. The lowest BCUT2D eigenvalue weighted by Crippen LogP contribution is -1.96. The summed E-state index contributed by atoms with van der Waals surface area (Å²) in [4.78, 5) is 0. The predicted octanol–water partition coefficient (Wildman–Crippen LogP) is 14.7. The summed E-state index contributed by atoms with van der Waals surface area (Å²) >= 11 is 0. The molecule has 0 unspecified atom stereocenters. The van der Waals surface area contributed by atoms with E-state index in [0.717, 1.165) is 11.4 Å². The third-order valence-corrected chi connectivity index (χ3v) is 11.9. The van der Waals surface area contributed by atoms with Crippen molar-refractivity contribution < 1.29 is 0 Å². The Kier molecular flexibility index (Phi) is 6.66. The predicted molar refractivity (Wildman–Crippen MR) is 239 cm³/mol. The molecule has 2 aromatic heterocycles. The molecule has 0 amide bonds. The van der Waals surface area contributed by atoms with E-state index < -0.39 is 0 Å². The van der Waals surface area contributed by atoms with Crippen LogP contribution < -0.4 is 0 Å². The standard InChI is InChI=1S/C54H34N2/c1-2-12-35(13-3-1)36-22-24-37(25-23-36)38-26-28-39(29-27-38)55-51-21-11-9-19-48(51)53-52(55)33-32-47-46-18-8-10-20-50(46)56(54(47)53)40-30-31-45-43-16-5-4-14-41(43)42-15-6-7-17-44(42)49(45)34-40/h1-34H. The molecule has 0 N–H and O–H groups in total. The molecule has 2 nitrogen and oxygen atoms in total. The van der Waals surface area contributed by atoms with Gasteiger partial charge in [-0.25, -0.2) is 0 Å². The molecule has 10 aromatic carbocycles. The molecule has 56 heavy (non-hydrogen) atoms. The molecule has 12 aromatic rings. The smallest absolute Gasteiger partial charge is 0.0641 e. The summed E-state index contributed by atoms with van der Waals surface area (Å²) < 4.78 is 4.95. The van der Waals surface area contributed by atoms with Gasteiger partial charge >= 0.3 is 0 Å². The van der Waals surface area contributed by atoms with E-state index in [1.807, 2.05) is 0 Å². The molecule has 0 fully saturated rings. The second-order valence-electron chi connectivity index (χ2n) is 14.9. The van der Waals surface area contributed by atoms with Gasteiger partial charge in [0.15, 0.2) is 0 Å². The number of fused-ring (bicyclic) bond motifs is 13. The van der Waals surface area contributed by atoms with Crippen molar-refractivity contribution in [2.75, 3.05) is 0 Å².